The van der Waals surface area contributed by atoms with Gasteiger partial charge in [-0.05, 0) is 30.7 Å². The van der Waals surface area contributed by atoms with Crippen LogP contribution in [0.25, 0.3) is 0 Å². The molecule has 86 valence electrons. The van der Waals surface area contributed by atoms with Gasteiger partial charge in [-0.3, -0.25) is 0 Å². The van der Waals surface area contributed by atoms with Crippen molar-refractivity contribution >= 4 is 0 Å². The summed E-state index contributed by atoms with van der Waals surface area (Å²) >= 11 is 0. The highest BCUT2D eigenvalue weighted by atomic mass is 19.1. The molecule has 0 saturated carbocycles. The maximum absolute atomic E-state index is 13.3. The lowest BCUT2D eigenvalue weighted by atomic mass is 10.2. The van der Waals surface area contributed by atoms with E-state index in [1.54, 1.807) is 6.07 Å². The van der Waals surface area contributed by atoms with Crippen LogP contribution in [0.3, 0.4) is 0 Å². The molecule has 1 aromatic rings. The van der Waals surface area contributed by atoms with Crippen molar-refractivity contribution in [1.82, 2.24) is 5.32 Å². The van der Waals surface area contributed by atoms with Crippen LogP contribution in [0, 0.1) is 17.1 Å². The lowest BCUT2D eigenvalue weighted by Crippen LogP contribution is -2.14. The summed E-state index contributed by atoms with van der Waals surface area (Å²) in [6.45, 7) is 1.37. The average Bonchev–Trinajstić information content (AvgIpc) is 2.29. The van der Waals surface area contributed by atoms with Crippen LogP contribution in [0.4, 0.5) is 4.39 Å². The lowest BCUT2D eigenvalue weighted by molar-refractivity contribution is 0.386. The van der Waals surface area contributed by atoms with Gasteiger partial charge >= 0.3 is 0 Å². The summed E-state index contributed by atoms with van der Waals surface area (Å²) in [7, 11) is 1.44. The van der Waals surface area contributed by atoms with Crippen molar-refractivity contribution in [2.24, 2.45) is 0 Å². The van der Waals surface area contributed by atoms with Gasteiger partial charge in [0.2, 0.25) is 0 Å². The molecular weight excluding hydrogens is 207 g/mol. The molecule has 0 radical (unpaired) electrons. The highest BCUT2D eigenvalue weighted by molar-refractivity contribution is 5.29. The average molecular weight is 222 g/mol. The Balaban J connectivity index is 2.38. The Kier molecular flexibility index (Phi) is 5.30. The van der Waals surface area contributed by atoms with E-state index in [-0.39, 0.29) is 11.6 Å². The molecule has 0 aromatic heterocycles. The summed E-state index contributed by atoms with van der Waals surface area (Å²) in [5.41, 5.74) is 0.871. The summed E-state index contributed by atoms with van der Waals surface area (Å²) in [5.74, 6) is -0.0907. The van der Waals surface area contributed by atoms with Gasteiger partial charge in [-0.15, -0.1) is 0 Å². The molecule has 0 aliphatic carbocycles. The Morgan fingerprint density at radius 3 is 2.94 bits per heavy atom. The van der Waals surface area contributed by atoms with Gasteiger partial charge in [0.15, 0.2) is 11.6 Å². The number of methoxy groups -OCH3 is 1. The molecule has 0 fully saturated rings. The van der Waals surface area contributed by atoms with Crippen molar-refractivity contribution in [3.05, 3.63) is 29.6 Å². The minimum atomic E-state index is -0.348. The molecule has 0 spiro atoms. The molecule has 1 aromatic carbocycles. The van der Waals surface area contributed by atoms with E-state index in [0.29, 0.717) is 13.0 Å². The van der Waals surface area contributed by atoms with Crippen molar-refractivity contribution in [3.63, 3.8) is 0 Å². The summed E-state index contributed by atoms with van der Waals surface area (Å²) in [6, 6.07) is 6.96. The molecule has 3 nitrogen and oxygen atoms in total. The second-order valence-corrected chi connectivity index (χ2v) is 3.41. The maximum Gasteiger partial charge on any atom is 0.165 e. The molecule has 0 amide bonds. The Labute approximate surface area is 94.8 Å². The van der Waals surface area contributed by atoms with E-state index in [9.17, 15) is 4.39 Å². The van der Waals surface area contributed by atoms with Crippen LogP contribution >= 0.6 is 0 Å². The van der Waals surface area contributed by atoms with Crippen LogP contribution in [0.5, 0.6) is 5.75 Å². The number of benzene rings is 1. The zero-order chi connectivity index (χ0) is 11.8. The van der Waals surface area contributed by atoms with E-state index < -0.39 is 0 Å². The van der Waals surface area contributed by atoms with Gasteiger partial charge in [-0.1, -0.05) is 6.07 Å². The number of hydrogen-bond acceptors (Lipinski definition) is 3. The minimum Gasteiger partial charge on any atom is -0.494 e. The van der Waals surface area contributed by atoms with Gasteiger partial charge < -0.3 is 10.1 Å². The van der Waals surface area contributed by atoms with E-state index in [2.05, 4.69) is 11.4 Å². The minimum absolute atomic E-state index is 0.258. The fourth-order valence-electron chi connectivity index (χ4n) is 1.35. The Morgan fingerprint density at radius 2 is 2.31 bits per heavy atom. The smallest absolute Gasteiger partial charge is 0.165 e. The molecule has 0 bridgehead atoms. The summed E-state index contributed by atoms with van der Waals surface area (Å²) < 4.78 is 18.1. The Bertz CT molecular complexity index is 374. The van der Waals surface area contributed by atoms with Gasteiger partial charge in [0.25, 0.3) is 0 Å². The first-order valence-electron chi connectivity index (χ1n) is 5.18. The predicted octanol–water partition coefficient (Wildman–Crippen LogP) is 2.23. The standard InChI is InChI=1S/C12H15FN2O/c1-16-12-5-4-10(8-11(12)13)9-15-7-3-2-6-14/h4-5,8,15H,2-3,7,9H2,1H3. The highest BCUT2D eigenvalue weighted by Gasteiger charge is 2.02. The Morgan fingerprint density at radius 1 is 1.50 bits per heavy atom. The normalized spacial score (nSPS) is 9.81. The number of nitrogens with one attached hydrogen (secondary N) is 1. The Hall–Kier alpha value is -1.60. The van der Waals surface area contributed by atoms with Gasteiger partial charge in [-0.25, -0.2) is 4.39 Å². The molecular formula is C12H15FN2O. The zero-order valence-electron chi connectivity index (χ0n) is 9.29. The van der Waals surface area contributed by atoms with E-state index in [1.807, 2.05) is 6.07 Å². The lowest BCUT2D eigenvalue weighted by Gasteiger charge is -2.06. The fraction of sp³-hybridized carbons (Fsp3) is 0.417. The van der Waals surface area contributed by atoms with Crippen molar-refractivity contribution in [2.45, 2.75) is 19.4 Å². The third kappa shape index (κ3) is 3.87. The van der Waals surface area contributed by atoms with Crippen LogP contribution in [0.1, 0.15) is 18.4 Å². The van der Waals surface area contributed by atoms with Crippen LogP contribution in [0.2, 0.25) is 0 Å². The van der Waals surface area contributed by atoms with Crippen molar-refractivity contribution < 1.29 is 9.13 Å². The first kappa shape index (κ1) is 12.5. The van der Waals surface area contributed by atoms with Crippen LogP contribution in [0.15, 0.2) is 18.2 Å². The molecule has 0 saturated heterocycles. The van der Waals surface area contributed by atoms with E-state index >= 15 is 0 Å². The van der Waals surface area contributed by atoms with Crippen LogP contribution in [-0.4, -0.2) is 13.7 Å². The van der Waals surface area contributed by atoms with Crippen LogP contribution < -0.4 is 10.1 Å². The molecule has 16 heavy (non-hydrogen) atoms. The molecule has 4 heteroatoms. The quantitative estimate of drug-likeness (QED) is 0.751. The molecule has 0 aliphatic heterocycles. The van der Waals surface area contributed by atoms with Gasteiger partial charge in [0, 0.05) is 13.0 Å². The van der Waals surface area contributed by atoms with Gasteiger partial charge in [0.05, 0.1) is 13.2 Å². The number of halogens is 1. The van der Waals surface area contributed by atoms with Gasteiger partial charge in [-0.2, -0.15) is 5.26 Å². The van der Waals surface area contributed by atoms with E-state index in [1.165, 1.54) is 13.2 Å². The maximum atomic E-state index is 13.3. The third-order valence-electron chi connectivity index (χ3n) is 2.19. The monoisotopic (exact) mass is 222 g/mol. The molecule has 1 rings (SSSR count). The number of rotatable bonds is 6. The molecule has 0 aliphatic rings. The predicted molar refractivity (Wildman–Crippen MR) is 59.5 cm³/mol. The molecule has 0 atom stereocenters. The number of ether oxygens (including phenoxy) is 1. The zero-order valence-corrected chi connectivity index (χ0v) is 9.29. The van der Waals surface area contributed by atoms with E-state index in [4.69, 9.17) is 10.00 Å². The third-order valence-corrected chi connectivity index (χ3v) is 2.19. The summed E-state index contributed by atoms with van der Waals surface area (Å²) in [4.78, 5) is 0. The van der Waals surface area contributed by atoms with Gasteiger partial charge in [0.1, 0.15) is 0 Å². The summed E-state index contributed by atoms with van der Waals surface area (Å²) in [5, 5.41) is 11.5. The second-order valence-electron chi connectivity index (χ2n) is 3.41. The fourth-order valence-corrected chi connectivity index (χ4v) is 1.35. The molecule has 0 heterocycles. The topological polar surface area (TPSA) is 45.0 Å². The van der Waals surface area contributed by atoms with Crippen molar-refractivity contribution in [3.8, 4) is 11.8 Å². The molecule has 1 N–H and O–H groups in total. The van der Waals surface area contributed by atoms with Crippen LogP contribution in [-0.2, 0) is 6.54 Å². The number of nitrogens with zero attached hydrogens (tertiary/aromatic N) is 1. The van der Waals surface area contributed by atoms with Crippen molar-refractivity contribution in [1.29, 1.82) is 5.26 Å². The number of nitriles is 1. The SMILES string of the molecule is COc1ccc(CNCCCC#N)cc1F. The van der Waals surface area contributed by atoms with E-state index in [0.717, 1.165) is 18.5 Å². The molecule has 0 unspecified atom stereocenters. The highest BCUT2D eigenvalue weighted by Crippen LogP contribution is 2.17. The second kappa shape index (κ2) is 6.81. The first-order valence-corrected chi connectivity index (χ1v) is 5.18. The number of hydrogen-bond donors (Lipinski definition) is 1. The largest absolute Gasteiger partial charge is 0.494 e. The first-order chi connectivity index (χ1) is 7.77. The number of unbranched alkanes of at least 4 members (excludes halogenated alkanes) is 1. The summed E-state index contributed by atoms with van der Waals surface area (Å²) in [6.07, 6.45) is 1.36. The van der Waals surface area contributed by atoms with Crippen molar-refractivity contribution in [2.75, 3.05) is 13.7 Å².